The molecule has 3 nitrogen and oxygen atoms in total. The number of fused-ring (bicyclic) bond motifs is 2. The van der Waals surface area contributed by atoms with Crippen LogP contribution in [-0.4, -0.2) is 4.57 Å². The molecule has 0 N–H and O–H groups in total. The van der Waals surface area contributed by atoms with Gasteiger partial charge in [0.1, 0.15) is 12.4 Å². The molecule has 0 unspecified atom stereocenters. The third-order valence-corrected chi connectivity index (χ3v) is 5.12. The standard InChI is InChI=1S/C26H19NO2/c28-26-16-14-21-9-4-5-11-24(21)27(26)25-12-6-10-20-13-15-22(17-23(20)25)29-18-19-7-2-1-3-8-19/h1-17H,18H2. The molecule has 0 aliphatic rings. The minimum Gasteiger partial charge on any atom is -0.489 e. The smallest absolute Gasteiger partial charge is 0.255 e. The van der Waals surface area contributed by atoms with Crippen LogP contribution in [0, 0.1) is 0 Å². The van der Waals surface area contributed by atoms with Gasteiger partial charge in [-0.05, 0) is 46.7 Å². The molecule has 0 saturated carbocycles. The van der Waals surface area contributed by atoms with E-state index in [4.69, 9.17) is 4.74 Å². The molecule has 5 aromatic rings. The molecule has 0 bridgehead atoms. The number of para-hydroxylation sites is 1. The minimum atomic E-state index is -0.0493. The van der Waals surface area contributed by atoms with Gasteiger partial charge in [-0.3, -0.25) is 9.36 Å². The van der Waals surface area contributed by atoms with Crippen molar-refractivity contribution in [3.63, 3.8) is 0 Å². The van der Waals surface area contributed by atoms with Crippen LogP contribution >= 0.6 is 0 Å². The van der Waals surface area contributed by atoms with Crippen LogP contribution in [0.3, 0.4) is 0 Å². The summed E-state index contributed by atoms with van der Waals surface area (Å²) in [7, 11) is 0. The zero-order valence-corrected chi connectivity index (χ0v) is 15.8. The summed E-state index contributed by atoms with van der Waals surface area (Å²) >= 11 is 0. The third kappa shape index (κ3) is 3.27. The van der Waals surface area contributed by atoms with Crippen LogP contribution in [0.15, 0.2) is 108 Å². The highest BCUT2D eigenvalue weighted by atomic mass is 16.5. The summed E-state index contributed by atoms with van der Waals surface area (Å²) in [5.41, 5.74) is 2.82. The summed E-state index contributed by atoms with van der Waals surface area (Å²) in [5.74, 6) is 0.780. The maximum Gasteiger partial charge on any atom is 0.255 e. The first-order chi connectivity index (χ1) is 14.3. The zero-order valence-electron chi connectivity index (χ0n) is 15.8. The molecule has 0 fully saturated rings. The molecular weight excluding hydrogens is 358 g/mol. The van der Waals surface area contributed by atoms with E-state index in [0.29, 0.717) is 6.61 Å². The molecule has 0 atom stereocenters. The number of hydrogen-bond acceptors (Lipinski definition) is 2. The van der Waals surface area contributed by atoms with Crippen molar-refractivity contribution in [2.45, 2.75) is 6.61 Å². The van der Waals surface area contributed by atoms with E-state index in [1.165, 1.54) is 0 Å². The normalized spacial score (nSPS) is 11.0. The lowest BCUT2D eigenvalue weighted by atomic mass is 10.1. The van der Waals surface area contributed by atoms with Gasteiger partial charge in [-0.2, -0.15) is 0 Å². The molecule has 0 aliphatic carbocycles. The number of benzene rings is 4. The maximum atomic E-state index is 12.8. The van der Waals surface area contributed by atoms with Crippen molar-refractivity contribution < 1.29 is 4.74 Å². The molecule has 1 aromatic heterocycles. The Labute approximate surface area is 168 Å². The summed E-state index contributed by atoms with van der Waals surface area (Å²) in [6.45, 7) is 0.503. The summed E-state index contributed by atoms with van der Waals surface area (Å²) < 4.78 is 7.80. The Balaban J connectivity index is 1.64. The lowest BCUT2D eigenvalue weighted by Crippen LogP contribution is -2.17. The summed E-state index contributed by atoms with van der Waals surface area (Å²) in [4.78, 5) is 12.8. The fourth-order valence-corrected chi connectivity index (χ4v) is 3.70. The van der Waals surface area contributed by atoms with E-state index in [9.17, 15) is 4.79 Å². The van der Waals surface area contributed by atoms with Crippen LogP contribution in [0.5, 0.6) is 5.75 Å². The van der Waals surface area contributed by atoms with Gasteiger partial charge in [0.15, 0.2) is 0 Å². The SMILES string of the molecule is O=c1ccc2ccccc2n1-c1cccc2ccc(OCc3ccccc3)cc12. The molecule has 0 spiro atoms. The van der Waals surface area contributed by atoms with E-state index in [0.717, 1.165) is 38.7 Å². The van der Waals surface area contributed by atoms with Crippen molar-refractivity contribution in [2.75, 3.05) is 0 Å². The van der Waals surface area contributed by atoms with Crippen molar-refractivity contribution in [3.8, 4) is 11.4 Å². The topological polar surface area (TPSA) is 31.2 Å². The molecule has 5 rings (SSSR count). The second-order valence-electron chi connectivity index (χ2n) is 7.00. The van der Waals surface area contributed by atoms with Crippen LogP contribution in [0.2, 0.25) is 0 Å². The minimum absolute atomic E-state index is 0.0493. The Hall–Kier alpha value is -3.85. The first-order valence-electron chi connectivity index (χ1n) is 9.60. The molecule has 4 aromatic carbocycles. The molecule has 140 valence electrons. The summed E-state index contributed by atoms with van der Waals surface area (Å²) in [5, 5.41) is 3.08. The van der Waals surface area contributed by atoms with Crippen molar-refractivity contribution in [3.05, 3.63) is 119 Å². The van der Waals surface area contributed by atoms with Crippen molar-refractivity contribution in [1.82, 2.24) is 4.57 Å². The van der Waals surface area contributed by atoms with Crippen LogP contribution < -0.4 is 10.3 Å². The highest BCUT2D eigenvalue weighted by molar-refractivity contribution is 5.93. The molecule has 1 heterocycles. The van der Waals surface area contributed by atoms with E-state index >= 15 is 0 Å². The molecule has 0 amide bonds. The maximum absolute atomic E-state index is 12.8. The Morgan fingerprint density at radius 1 is 0.690 bits per heavy atom. The molecular formula is C26H19NO2. The number of hydrogen-bond donors (Lipinski definition) is 0. The highest BCUT2D eigenvalue weighted by Crippen LogP contribution is 2.28. The Kier molecular flexibility index (Phi) is 4.34. The van der Waals surface area contributed by atoms with Crippen molar-refractivity contribution >= 4 is 21.7 Å². The van der Waals surface area contributed by atoms with Crippen molar-refractivity contribution in [1.29, 1.82) is 0 Å². The number of ether oxygens (including phenoxy) is 1. The van der Waals surface area contributed by atoms with Gasteiger partial charge in [-0.15, -0.1) is 0 Å². The monoisotopic (exact) mass is 377 g/mol. The predicted molar refractivity (Wildman–Crippen MR) is 118 cm³/mol. The number of nitrogens with zero attached hydrogens (tertiary/aromatic N) is 1. The van der Waals surface area contributed by atoms with E-state index in [1.807, 2.05) is 91.0 Å². The molecule has 3 heteroatoms. The van der Waals surface area contributed by atoms with E-state index in [-0.39, 0.29) is 5.56 Å². The van der Waals surface area contributed by atoms with Gasteiger partial charge in [0.25, 0.3) is 5.56 Å². The van der Waals surface area contributed by atoms with Crippen LogP contribution in [0.1, 0.15) is 5.56 Å². The lowest BCUT2D eigenvalue weighted by molar-refractivity contribution is 0.306. The zero-order chi connectivity index (χ0) is 19.6. The van der Waals surface area contributed by atoms with Gasteiger partial charge in [0, 0.05) is 11.5 Å². The molecule has 29 heavy (non-hydrogen) atoms. The van der Waals surface area contributed by atoms with Crippen LogP contribution in [0.25, 0.3) is 27.4 Å². The Morgan fingerprint density at radius 2 is 1.45 bits per heavy atom. The van der Waals surface area contributed by atoms with Crippen LogP contribution in [0.4, 0.5) is 0 Å². The van der Waals surface area contributed by atoms with E-state index in [2.05, 4.69) is 6.07 Å². The van der Waals surface area contributed by atoms with Gasteiger partial charge >= 0.3 is 0 Å². The van der Waals surface area contributed by atoms with Gasteiger partial charge in [-0.1, -0.05) is 66.7 Å². The quantitative estimate of drug-likeness (QED) is 0.401. The largest absolute Gasteiger partial charge is 0.489 e. The number of rotatable bonds is 4. The van der Waals surface area contributed by atoms with Gasteiger partial charge in [-0.25, -0.2) is 0 Å². The van der Waals surface area contributed by atoms with E-state index in [1.54, 1.807) is 10.6 Å². The average molecular weight is 377 g/mol. The molecule has 0 saturated heterocycles. The molecule has 0 radical (unpaired) electrons. The number of pyridine rings is 1. The Morgan fingerprint density at radius 3 is 2.34 bits per heavy atom. The van der Waals surface area contributed by atoms with Crippen molar-refractivity contribution in [2.24, 2.45) is 0 Å². The third-order valence-electron chi connectivity index (χ3n) is 5.12. The number of aromatic nitrogens is 1. The summed E-state index contributed by atoms with van der Waals surface area (Å²) in [6.07, 6.45) is 0. The van der Waals surface area contributed by atoms with Gasteiger partial charge in [0.05, 0.1) is 11.2 Å². The predicted octanol–water partition coefficient (Wildman–Crippen LogP) is 5.72. The van der Waals surface area contributed by atoms with Gasteiger partial charge < -0.3 is 4.74 Å². The van der Waals surface area contributed by atoms with Crippen LogP contribution in [-0.2, 0) is 6.61 Å². The fourth-order valence-electron chi connectivity index (χ4n) is 3.70. The van der Waals surface area contributed by atoms with E-state index < -0.39 is 0 Å². The second-order valence-corrected chi connectivity index (χ2v) is 7.00. The fraction of sp³-hybridized carbons (Fsp3) is 0.0385. The van der Waals surface area contributed by atoms with Gasteiger partial charge in [0.2, 0.25) is 0 Å². The average Bonchev–Trinajstić information content (AvgIpc) is 2.78. The summed E-state index contributed by atoms with van der Waals surface area (Å²) in [6, 6.07) is 33.6. The lowest BCUT2D eigenvalue weighted by Gasteiger charge is -2.14. The first-order valence-corrected chi connectivity index (χ1v) is 9.60. The Bertz CT molecular complexity index is 1370. The highest BCUT2D eigenvalue weighted by Gasteiger charge is 2.10. The molecule has 0 aliphatic heterocycles. The second kappa shape index (κ2) is 7.28. The first kappa shape index (κ1) is 17.3.